The molecule has 0 bridgehead atoms. The Morgan fingerprint density at radius 2 is 1.00 bits per heavy atom. The van der Waals surface area contributed by atoms with Crippen LogP contribution in [0.2, 0.25) is 0 Å². The van der Waals surface area contributed by atoms with Crippen molar-refractivity contribution in [2.75, 3.05) is 26.4 Å². The maximum absolute atomic E-state index is 12.6. The molecule has 0 spiro atoms. The van der Waals surface area contributed by atoms with Crippen LogP contribution in [0.3, 0.4) is 0 Å². The van der Waals surface area contributed by atoms with Crippen molar-refractivity contribution in [1.29, 1.82) is 0 Å². The van der Waals surface area contributed by atoms with Gasteiger partial charge in [0, 0.05) is 12.8 Å². The van der Waals surface area contributed by atoms with E-state index in [1.165, 1.54) is 89.9 Å². The van der Waals surface area contributed by atoms with Gasteiger partial charge in [-0.25, -0.2) is 4.57 Å². The number of aliphatic hydroxyl groups excluding tert-OH is 2. The molecule has 0 fully saturated rings. The molecule has 306 valence electrons. The Bertz CT molecular complexity index is 925. The van der Waals surface area contributed by atoms with Crippen LogP contribution in [0.1, 0.15) is 187 Å². The summed E-state index contributed by atoms with van der Waals surface area (Å²) >= 11 is 0. The minimum Gasteiger partial charge on any atom is -0.462 e. The predicted octanol–water partition coefficient (Wildman–Crippen LogP) is 10.6. The Hall–Kier alpha value is -1.55. The number of rotatable bonds is 39. The third-order valence-electron chi connectivity index (χ3n) is 8.86. The molecule has 1 unspecified atom stereocenters. The molecule has 0 aliphatic rings. The van der Waals surface area contributed by atoms with Crippen LogP contribution in [-0.4, -0.2) is 65.7 Å². The monoisotopic (exact) mass is 761 g/mol. The van der Waals surface area contributed by atoms with Gasteiger partial charge in [-0.3, -0.25) is 18.6 Å². The average molecular weight is 761 g/mol. The Morgan fingerprint density at radius 3 is 1.52 bits per heavy atom. The molecule has 0 aliphatic carbocycles. The summed E-state index contributed by atoms with van der Waals surface area (Å²) in [7, 11) is -4.61. The Labute approximate surface area is 317 Å². The van der Waals surface area contributed by atoms with E-state index in [4.69, 9.17) is 19.1 Å². The van der Waals surface area contributed by atoms with Gasteiger partial charge in [-0.05, 0) is 44.9 Å². The molecule has 0 aromatic carbocycles. The molecular formula is C41H77O10P. The molecule has 0 rings (SSSR count). The number of phosphoric acid groups is 1. The zero-order chi connectivity index (χ0) is 38.4. The van der Waals surface area contributed by atoms with Gasteiger partial charge in [0.2, 0.25) is 0 Å². The molecule has 0 saturated carbocycles. The van der Waals surface area contributed by atoms with Crippen LogP contribution in [0.5, 0.6) is 0 Å². The van der Waals surface area contributed by atoms with E-state index in [0.29, 0.717) is 12.8 Å². The molecule has 52 heavy (non-hydrogen) atoms. The number of carbonyl (C=O) groups excluding carboxylic acids is 2. The first-order valence-electron chi connectivity index (χ1n) is 20.8. The summed E-state index contributed by atoms with van der Waals surface area (Å²) in [5, 5.41) is 18.3. The minimum absolute atomic E-state index is 0.178. The van der Waals surface area contributed by atoms with Crippen molar-refractivity contribution in [2.45, 2.75) is 199 Å². The van der Waals surface area contributed by atoms with E-state index in [1.54, 1.807) is 0 Å². The van der Waals surface area contributed by atoms with Crippen LogP contribution in [0.4, 0.5) is 0 Å². The second-order valence-corrected chi connectivity index (χ2v) is 15.5. The highest BCUT2D eigenvalue weighted by atomic mass is 31.2. The first-order valence-corrected chi connectivity index (χ1v) is 22.3. The number of unbranched alkanes of at least 4 members (excludes halogenated alkanes) is 21. The third-order valence-corrected chi connectivity index (χ3v) is 9.81. The van der Waals surface area contributed by atoms with E-state index in [9.17, 15) is 24.2 Å². The van der Waals surface area contributed by atoms with E-state index in [0.717, 1.165) is 57.8 Å². The first-order chi connectivity index (χ1) is 25.2. The number of aliphatic hydroxyl groups is 2. The third kappa shape index (κ3) is 36.8. The Balaban J connectivity index is 4.31. The van der Waals surface area contributed by atoms with Gasteiger partial charge < -0.3 is 24.6 Å². The number of hydrogen-bond donors (Lipinski definition) is 3. The number of carbonyl (C=O) groups is 2. The topological polar surface area (TPSA) is 149 Å². The lowest BCUT2D eigenvalue weighted by molar-refractivity contribution is -0.161. The summed E-state index contributed by atoms with van der Waals surface area (Å²) in [5.74, 6) is -0.929. The fourth-order valence-electron chi connectivity index (χ4n) is 5.61. The van der Waals surface area contributed by atoms with Gasteiger partial charge in [0.05, 0.1) is 19.8 Å². The number of hydrogen-bond acceptors (Lipinski definition) is 9. The summed E-state index contributed by atoms with van der Waals surface area (Å²) in [5.41, 5.74) is 0. The summed E-state index contributed by atoms with van der Waals surface area (Å²) in [6.45, 7) is 2.35. The molecule has 0 radical (unpaired) electrons. The van der Waals surface area contributed by atoms with Gasteiger partial charge >= 0.3 is 19.8 Å². The molecule has 0 heterocycles. The zero-order valence-corrected chi connectivity index (χ0v) is 33.9. The molecular weight excluding hydrogens is 683 g/mol. The van der Waals surface area contributed by atoms with Crippen LogP contribution in [0, 0.1) is 0 Å². The van der Waals surface area contributed by atoms with E-state index < -0.39 is 51.8 Å². The molecule has 0 saturated heterocycles. The van der Waals surface area contributed by atoms with Crippen LogP contribution in [0.25, 0.3) is 0 Å². The maximum Gasteiger partial charge on any atom is 0.472 e. The largest absolute Gasteiger partial charge is 0.472 e. The Kier molecular flexibility index (Phi) is 36.6. The highest BCUT2D eigenvalue weighted by Crippen LogP contribution is 2.43. The zero-order valence-electron chi connectivity index (χ0n) is 33.0. The lowest BCUT2D eigenvalue weighted by Gasteiger charge is -2.20. The minimum atomic E-state index is -4.61. The fourth-order valence-corrected chi connectivity index (χ4v) is 6.40. The van der Waals surface area contributed by atoms with Gasteiger partial charge in [0.25, 0.3) is 0 Å². The van der Waals surface area contributed by atoms with Crippen molar-refractivity contribution in [3.8, 4) is 0 Å². The van der Waals surface area contributed by atoms with Crippen molar-refractivity contribution in [3.05, 3.63) is 24.3 Å². The Morgan fingerprint density at radius 1 is 0.577 bits per heavy atom. The summed E-state index contributed by atoms with van der Waals surface area (Å²) < 4.78 is 32.6. The van der Waals surface area contributed by atoms with Crippen molar-refractivity contribution < 1.29 is 47.8 Å². The summed E-state index contributed by atoms with van der Waals surface area (Å²) in [6, 6.07) is 0. The molecule has 10 nitrogen and oxygen atoms in total. The van der Waals surface area contributed by atoms with Crippen molar-refractivity contribution >= 4 is 19.8 Å². The smallest absolute Gasteiger partial charge is 0.462 e. The first kappa shape index (κ1) is 50.5. The highest BCUT2D eigenvalue weighted by Gasteiger charge is 2.27. The quantitative estimate of drug-likeness (QED) is 0.0239. The normalized spacial score (nSPS) is 14.2. The van der Waals surface area contributed by atoms with Gasteiger partial charge in [0.1, 0.15) is 12.7 Å². The standard InChI is InChI=1S/C41H77O10P/c1-3-5-7-9-11-13-15-17-18-19-20-21-23-25-27-29-31-33-41(45)51-39(37-50-52(46,47)49-35-38(43)34-42)36-48-40(44)32-30-28-26-24-22-16-14-12-10-8-6-4-2/h11,13,17-18,38-39,42-43H,3-10,12,14-16,19-37H2,1-2H3,(H,46,47)/b13-11+,18-17+/t38-,39+/m0/s1. The van der Waals surface area contributed by atoms with Crippen LogP contribution in [0.15, 0.2) is 24.3 Å². The van der Waals surface area contributed by atoms with E-state index >= 15 is 0 Å². The summed E-state index contributed by atoms with van der Waals surface area (Å²) in [6.07, 6.45) is 35.7. The van der Waals surface area contributed by atoms with Crippen LogP contribution in [-0.2, 0) is 32.7 Å². The SMILES string of the molecule is CCCCC/C=C/C/C=C/CCCCCCCCCC(=O)O[C@H](COC(=O)CCCCCCCCCCCCCC)COP(=O)(O)OC[C@@H](O)CO. The highest BCUT2D eigenvalue weighted by molar-refractivity contribution is 7.47. The average Bonchev–Trinajstić information content (AvgIpc) is 3.13. The maximum atomic E-state index is 12.6. The molecule has 0 aliphatic heterocycles. The lowest BCUT2D eigenvalue weighted by Crippen LogP contribution is -2.29. The fraction of sp³-hybridized carbons (Fsp3) is 0.854. The van der Waals surface area contributed by atoms with Crippen molar-refractivity contribution in [3.63, 3.8) is 0 Å². The van der Waals surface area contributed by atoms with Gasteiger partial charge in [-0.15, -0.1) is 0 Å². The predicted molar refractivity (Wildman–Crippen MR) is 210 cm³/mol. The number of ether oxygens (including phenoxy) is 2. The van der Waals surface area contributed by atoms with Crippen LogP contribution >= 0.6 is 7.82 Å². The van der Waals surface area contributed by atoms with Gasteiger partial charge in [-0.1, -0.05) is 154 Å². The molecule has 0 aromatic heterocycles. The second-order valence-electron chi connectivity index (χ2n) is 14.0. The van der Waals surface area contributed by atoms with Gasteiger partial charge in [-0.2, -0.15) is 0 Å². The second kappa shape index (κ2) is 37.8. The lowest BCUT2D eigenvalue weighted by atomic mass is 10.0. The molecule has 3 atom stereocenters. The number of phosphoric ester groups is 1. The van der Waals surface area contributed by atoms with E-state index in [1.807, 2.05) is 0 Å². The van der Waals surface area contributed by atoms with E-state index in [-0.39, 0.29) is 19.4 Å². The van der Waals surface area contributed by atoms with Gasteiger partial charge in [0.15, 0.2) is 6.10 Å². The number of allylic oxidation sites excluding steroid dienone is 4. The molecule has 3 N–H and O–H groups in total. The van der Waals surface area contributed by atoms with E-state index in [2.05, 4.69) is 42.7 Å². The molecule has 0 aromatic rings. The molecule has 11 heteroatoms. The van der Waals surface area contributed by atoms with Crippen molar-refractivity contribution in [2.24, 2.45) is 0 Å². The van der Waals surface area contributed by atoms with Crippen LogP contribution < -0.4 is 0 Å². The summed E-state index contributed by atoms with van der Waals surface area (Å²) in [4.78, 5) is 34.9. The van der Waals surface area contributed by atoms with Crippen molar-refractivity contribution in [1.82, 2.24) is 0 Å². The molecule has 0 amide bonds. The number of esters is 2.